The van der Waals surface area contributed by atoms with Gasteiger partial charge in [0, 0.05) is 32.9 Å². The Kier molecular flexibility index (Phi) is 3.87. The number of rotatable bonds is 3. The number of hydrogen-bond donors (Lipinski definition) is 1. The molecule has 1 saturated heterocycles. The summed E-state index contributed by atoms with van der Waals surface area (Å²) in [6.07, 6.45) is 3.07. The van der Waals surface area contributed by atoms with Crippen LogP contribution in [0.5, 0.6) is 0 Å². The summed E-state index contributed by atoms with van der Waals surface area (Å²) >= 11 is 0. The molecular weight excluding hydrogens is 244 g/mol. The Hall–Kier alpha value is -1.85. The van der Waals surface area contributed by atoms with E-state index in [1.165, 1.54) is 0 Å². The average Bonchev–Trinajstić information content (AvgIpc) is 2.38. The summed E-state index contributed by atoms with van der Waals surface area (Å²) < 4.78 is 0. The Bertz CT molecular complexity index is 464. The summed E-state index contributed by atoms with van der Waals surface area (Å²) in [5.41, 5.74) is 0. The van der Waals surface area contributed by atoms with Gasteiger partial charge in [0.2, 0.25) is 5.95 Å². The molecule has 19 heavy (non-hydrogen) atoms. The Morgan fingerprint density at radius 3 is 2.84 bits per heavy atom. The molecule has 0 amide bonds. The van der Waals surface area contributed by atoms with Crippen molar-refractivity contribution in [1.82, 2.24) is 9.97 Å². The highest BCUT2D eigenvalue weighted by atomic mass is 16.4. The molecule has 0 radical (unpaired) electrons. The topological polar surface area (TPSA) is 69.6 Å². The van der Waals surface area contributed by atoms with Crippen LogP contribution in [0.25, 0.3) is 0 Å². The van der Waals surface area contributed by atoms with E-state index in [2.05, 4.69) is 14.9 Å². The molecule has 0 saturated carbocycles. The number of nitrogens with zero attached hydrogens (tertiary/aromatic N) is 4. The van der Waals surface area contributed by atoms with Crippen LogP contribution in [0.4, 0.5) is 11.8 Å². The molecule has 1 N–H and O–H groups in total. The Morgan fingerprint density at radius 1 is 1.53 bits per heavy atom. The maximum Gasteiger partial charge on any atom is 0.306 e. The predicted molar refractivity (Wildman–Crippen MR) is 73.5 cm³/mol. The molecule has 2 heterocycles. The van der Waals surface area contributed by atoms with Gasteiger partial charge in [-0.25, -0.2) is 4.98 Å². The second-order valence-corrected chi connectivity index (χ2v) is 5.21. The first-order valence-electron chi connectivity index (χ1n) is 6.49. The van der Waals surface area contributed by atoms with Gasteiger partial charge in [0.1, 0.15) is 5.82 Å². The Labute approximate surface area is 113 Å². The number of carbonyl (C=O) groups is 1. The summed E-state index contributed by atoms with van der Waals surface area (Å²) in [7, 11) is 3.80. The first-order chi connectivity index (χ1) is 8.99. The largest absolute Gasteiger partial charge is 0.481 e. The monoisotopic (exact) mass is 264 g/mol. The summed E-state index contributed by atoms with van der Waals surface area (Å²) in [5, 5.41) is 9.08. The van der Waals surface area contributed by atoms with Gasteiger partial charge in [0.25, 0.3) is 0 Å². The van der Waals surface area contributed by atoms with Gasteiger partial charge in [-0.3, -0.25) is 4.79 Å². The van der Waals surface area contributed by atoms with Crippen LogP contribution >= 0.6 is 0 Å². The van der Waals surface area contributed by atoms with Gasteiger partial charge < -0.3 is 14.9 Å². The van der Waals surface area contributed by atoms with Crippen molar-refractivity contribution in [3.63, 3.8) is 0 Å². The van der Waals surface area contributed by atoms with Crippen LogP contribution in [0, 0.1) is 5.92 Å². The molecular formula is C13H20N4O2. The third-order valence-electron chi connectivity index (χ3n) is 3.55. The quantitative estimate of drug-likeness (QED) is 0.885. The fourth-order valence-electron chi connectivity index (χ4n) is 2.45. The molecule has 2 rings (SSSR count). The van der Waals surface area contributed by atoms with Gasteiger partial charge in [-0.1, -0.05) is 0 Å². The predicted octanol–water partition coefficient (Wildman–Crippen LogP) is 1.23. The van der Waals surface area contributed by atoms with E-state index in [4.69, 9.17) is 5.11 Å². The number of hydrogen-bond acceptors (Lipinski definition) is 5. The molecule has 1 aliphatic heterocycles. The maximum atomic E-state index is 11.0. The normalized spacial score (nSPS) is 23.2. The third kappa shape index (κ3) is 2.94. The van der Waals surface area contributed by atoms with Gasteiger partial charge >= 0.3 is 5.97 Å². The first-order valence-corrected chi connectivity index (χ1v) is 6.49. The van der Waals surface area contributed by atoms with E-state index in [-0.39, 0.29) is 12.0 Å². The van der Waals surface area contributed by atoms with Gasteiger partial charge in [-0.2, -0.15) is 4.98 Å². The molecule has 2 unspecified atom stereocenters. The number of aromatic nitrogens is 2. The van der Waals surface area contributed by atoms with Crippen LogP contribution in [0.15, 0.2) is 12.3 Å². The molecule has 0 bridgehead atoms. The number of aliphatic carboxylic acids is 1. The minimum absolute atomic E-state index is 0.180. The maximum absolute atomic E-state index is 11.0. The van der Waals surface area contributed by atoms with Crippen molar-refractivity contribution in [3.05, 3.63) is 12.3 Å². The molecule has 2 atom stereocenters. The van der Waals surface area contributed by atoms with Gasteiger partial charge in [-0.15, -0.1) is 0 Å². The van der Waals surface area contributed by atoms with Crippen LogP contribution in [0.2, 0.25) is 0 Å². The highest BCUT2D eigenvalue weighted by molar-refractivity contribution is 5.70. The number of carboxylic acid groups (broad SMARTS) is 1. The molecule has 1 fully saturated rings. The lowest BCUT2D eigenvalue weighted by Crippen LogP contribution is -2.43. The molecule has 0 spiro atoms. The molecule has 1 aromatic heterocycles. The van der Waals surface area contributed by atoms with Crippen molar-refractivity contribution in [3.8, 4) is 0 Å². The van der Waals surface area contributed by atoms with Crippen molar-refractivity contribution in [2.45, 2.75) is 25.8 Å². The van der Waals surface area contributed by atoms with Gasteiger partial charge in [-0.05, 0) is 25.8 Å². The van der Waals surface area contributed by atoms with Crippen LogP contribution in [-0.4, -0.2) is 47.7 Å². The second-order valence-electron chi connectivity index (χ2n) is 5.21. The van der Waals surface area contributed by atoms with Crippen LogP contribution < -0.4 is 9.80 Å². The fraction of sp³-hybridized carbons (Fsp3) is 0.615. The van der Waals surface area contributed by atoms with Crippen molar-refractivity contribution in [2.24, 2.45) is 5.92 Å². The zero-order valence-corrected chi connectivity index (χ0v) is 11.6. The van der Waals surface area contributed by atoms with E-state index in [0.29, 0.717) is 18.8 Å². The molecule has 1 aromatic rings. The zero-order chi connectivity index (χ0) is 14.0. The molecule has 6 nitrogen and oxygen atoms in total. The highest BCUT2D eigenvalue weighted by Gasteiger charge is 2.30. The Balaban J connectivity index is 2.14. The molecule has 0 aromatic carbocycles. The van der Waals surface area contributed by atoms with E-state index in [9.17, 15) is 4.79 Å². The van der Waals surface area contributed by atoms with Crippen molar-refractivity contribution >= 4 is 17.7 Å². The van der Waals surface area contributed by atoms with Crippen LogP contribution in [-0.2, 0) is 4.79 Å². The molecule has 104 valence electrons. The highest BCUT2D eigenvalue weighted by Crippen LogP contribution is 2.27. The van der Waals surface area contributed by atoms with Crippen molar-refractivity contribution < 1.29 is 9.90 Å². The van der Waals surface area contributed by atoms with Crippen molar-refractivity contribution in [1.29, 1.82) is 0 Å². The first kappa shape index (κ1) is 13.6. The van der Waals surface area contributed by atoms with Crippen molar-refractivity contribution in [2.75, 3.05) is 30.4 Å². The number of carboxylic acids is 1. The molecule has 0 aliphatic carbocycles. The van der Waals surface area contributed by atoms with E-state index < -0.39 is 5.97 Å². The number of piperidine rings is 1. The summed E-state index contributed by atoms with van der Waals surface area (Å²) in [6.45, 7) is 2.77. The second kappa shape index (κ2) is 5.42. The Morgan fingerprint density at radius 2 is 2.26 bits per heavy atom. The van der Waals surface area contributed by atoms with E-state index in [0.717, 1.165) is 12.4 Å². The molecule has 6 heteroatoms. The minimum atomic E-state index is -0.692. The minimum Gasteiger partial charge on any atom is -0.481 e. The van der Waals surface area contributed by atoms with E-state index in [1.807, 2.05) is 32.0 Å². The van der Waals surface area contributed by atoms with Crippen LogP contribution in [0.3, 0.4) is 0 Å². The van der Waals surface area contributed by atoms with E-state index in [1.54, 1.807) is 6.20 Å². The average molecular weight is 264 g/mol. The van der Waals surface area contributed by atoms with Gasteiger partial charge in [0.15, 0.2) is 0 Å². The smallest absolute Gasteiger partial charge is 0.306 e. The summed E-state index contributed by atoms with van der Waals surface area (Å²) in [6, 6.07) is 2.06. The standard InChI is InChI=1S/C13H20N4O2/c1-9-8-10(12(18)19)5-7-17(9)11-4-6-14-13(15-11)16(2)3/h4,6,9-10H,5,7-8H2,1-3H3,(H,18,19). The number of anilines is 2. The lowest BCUT2D eigenvalue weighted by atomic mass is 9.92. The summed E-state index contributed by atoms with van der Waals surface area (Å²) in [4.78, 5) is 23.8. The third-order valence-corrected chi connectivity index (χ3v) is 3.55. The van der Waals surface area contributed by atoms with Crippen LogP contribution in [0.1, 0.15) is 19.8 Å². The molecule has 1 aliphatic rings. The SMILES string of the molecule is CC1CC(C(=O)O)CCN1c1ccnc(N(C)C)n1. The summed E-state index contributed by atoms with van der Waals surface area (Å²) in [5.74, 6) is 0.615. The zero-order valence-electron chi connectivity index (χ0n) is 11.6. The lowest BCUT2D eigenvalue weighted by molar-refractivity contribution is -0.142. The van der Waals surface area contributed by atoms with Gasteiger partial charge in [0.05, 0.1) is 5.92 Å². The van der Waals surface area contributed by atoms with E-state index >= 15 is 0 Å². The lowest BCUT2D eigenvalue weighted by Gasteiger charge is -2.37. The fourth-order valence-corrected chi connectivity index (χ4v) is 2.45.